The van der Waals surface area contributed by atoms with Gasteiger partial charge >= 0.3 is 0 Å². The lowest BCUT2D eigenvalue weighted by Crippen LogP contribution is -2.45. The first-order valence-electron chi connectivity index (χ1n) is 14.0. The summed E-state index contributed by atoms with van der Waals surface area (Å²) in [5.41, 5.74) is 9.16. The van der Waals surface area contributed by atoms with E-state index in [1.54, 1.807) is 29.2 Å². The molecule has 12 nitrogen and oxygen atoms in total. The van der Waals surface area contributed by atoms with Gasteiger partial charge in [0.1, 0.15) is 17.5 Å². The zero-order valence-electron chi connectivity index (χ0n) is 23.2. The number of nitrogens with one attached hydrogen (secondary N) is 2. The standard InChI is InChI=1S/C30H32N6O6/c1-40-23-11-8-18-12-24(23)41-16-26(37)32-13-17-6-9-19(10-7-17)42-25-15-36(14-22(25)33-28(18)38)29(39)27-20-4-2-3-5-21(20)34-30(31)35-27/h6-12,22,25H,2-5,13-16H2,1H3,(H,32,37)(H,33,38)(H2,31,34,35)/t22-,25-/m0/s1. The van der Waals surface area contributed by atoms with Crippen LogP contribution in [0, 0.1) is 0 Å². The third kappa shape index (κ3) is 5.65. The summed E-state index contributed by atoms with van der Waals surface area (Å²) >= 11 is 0. The first-order chi connectivity index (χ1) is 20.4. The first kappa shape index (κ1) is 27.3. The van der Waals surface area contributed by atoms with Crippen molar-refractivity contribution in [1.29, 1.82) is 0 Å². The minimum Gasteiger partial charge on any atom is -0.493 e. The smallest absolute Gasteiger partial charge is 0.273 e. The van der Waals surface area contributed by atoms with Crippen LogP contribution in [-0.2, 0) is 24.2 Å². The average molecular weight is 573 g/mol. The van der Waals surface area contributed by atoms with Gasteiger partial charge in [-0.05, 0) is 61.6 Å². The topological polar surface area (TPSA) is 158 Å². The van der Waals surface area contributed by atoms with Gasteiger partial charge in [-0.15, -0.1) is 0 Å². The van der Waals surface area contributed by atoms with E-state index in [2.05, 4.69) is 20.6 Å². The van der Waals surface area contributed by atoms with E-state index in [4.69, 9.17) is 19.9 Å². The van der Waals surface area contributed by atoms with Gasteiger partial charge in [0.05, 0.1) is 19.7 Å². The summed E-state index contributed by atoms with van der Waals surface area (Å²) in [4.78, 5) is 50.0. The number of benzene rings is 2. The van der Waals surface area contributed by atoms with E-state index in [-0.39, 0.29) is 49.1 Å². The van der Waals surface area contributed by atoms with Crippen molar-refractivity contribution in [3.8, 4) is 17.2 Å². The molecule has 0 unspecified atom stereocenters. The van der Waals surface area contributed by atoms with Crippen molar-refractivity contribution >= 4 is 23.7 Å². The Hall–Kier alpha value is -4.87. The second-order valence-corrected chi connectivity index (χ2v) is 10.6. The van der Waals surface area contributed by atoms with Crippen LogP contribution in [0.5, 0.6) is 17.2 Å². The number of methoxy groups -OCH3 is 1. The number of nitrogens with zero attached hydrogens (tertiary/aromatic N) is 3. The highest BCUT2D eigenvalue weighted by atomic mass is 16.5. The first-order valence-corrected chi connectivity index (χ1v) is 14.0. The molecule has 1 saturated heterocycles. The molecule has 1 fully saturated rings. The Morgan fingerprint density at radius 3 is 2.69 bits per heavy atom. The van der Waals surface area contributed by atoms with Crippen LogP contribution >= 0.6 is 0 Å². The number of carbonyl (C=O) groups excluding carboxylic acids is 3. The van der Waals surface area contributed by atoms with Crippen LogP contribution in [0.4, 0.5) is 5.95 Å². The summed E-state index contributed by atoms with van der Waals surface area (Å²) in [6.07, 6.45) is 2.90. The third-order valence-electron chi connectivity index (χ3n) is 7.76. The molecule has 2 aromatic carbocycles. The zero-order valence-corrected chi connectivity index (χ0v) is 23.2. The van der Waals surface area contributed by atoms with Gasteiger partial charge in [-0.25, -0.2) is 9.97 Å². The zero-order chi connectivity index (χ0) is 29.2. The van der Waals surface area contributed by atoms with Gasteiger partial charge in [-0.3, -0.25) is 14.4 Å². The Labute approximate surface area is 242 Å². The minimum absolute atomic E-state index is 0.0813. The molecular formula is C30H32N6O6. The van der Waals surface area contributed by atoms with Gasteiger partial charge in [-0.1, -0.05) is 12.1 Å². The monoisotopic (exact) mass is 572 g/mol. The Balaban J connectivity index is 1.31. The molecule has 1 aromatic heterocycles. The predicted octanol–water partition coefficient (Wildman–Crippen LogP) is 1.66. The van der Waals surface area contributed by atoms with Gasteiger partial charge in [0.25, 0.3) is 17.7 Å². The number of carbonyl (C=O) groups is 3. The summed E-state index contributed by atoms with van der Waals surface area (Å²) in [6, 6.07) is 11.5. The molecule has 42 heavy (non-hydrogen) atoms. The molecule has 12 heteroatoms. The molecule has 0 radical (unpaired) electrons. The average Bonchev–Trinajstić information content (AvgIpc) is 3.39. The van der Waals surface area contributed by atoms with Crippen molar-refractivity contribution in [2.24, 2.45) is 0 Å². The number of nitrogen functional groups attached to an aromatic ring is 1. The molecule has 3 amide bonds. The summed E-state index contributed by atoms with van der Waals surface area (Å²) in [5.74, 6) is 0.339. The van der Waals surface area contributed by atoms with Crippen LogP contribution in [0.1, 0.15) is 50.5 Å². The van der Waals surface area contributed by atoms with Crippen LogP contribution in [-0.4, -0.2) is 71.5 Å². The van der Waals surface area contributed by atoms with Crippen molar-refractivity contribution < 1.29 is 28.6 Å². The quantitative estimate of drug-likeness (QED) is 0.415. The molecule has 2 atom stereocenters. The van der Waals surface area contributed by atoms with Crippen LogP contribution in [0.15, 0.2) is 42.5 Å². The Bertz CT molecular complexity index is 1530. The number of fused-ring (bicyclic) bond motifs is 8. The molecule has 3 aliphatic heterocycles. The molecular weight excluding hydrogens is 540 g/mol. The second-order valence-electron chi connectivity index (χ2n) is 10.6. The fraction of sp³-hybridized carbons (Fsp3) is 0.367. The number of likely N-dealkylation sites (tertiary alicyclic amines) is 1. The van der Waals surface area contributed by atoms with Crippen molar-refractivity contribution in [2.75, 3.05) is 32.5 Å². The lowest BCUT2D eigenvalue weighted by atomic mass is 9.94. The summed E-state index contributed by atoms with van der Waals surface area (Å²) < 4.78 is 17.4. The number of rotatable bonds is 2. The fourth-order valence-corrected chi connectivity index (χ4v) is 5.58. The van der Waals surface area contributed by atoms with Gasteiger partial charge < -0.3 is 35.5 Å². The fourth-order valence-electron chi connectivity index (χ4n) is 5.58. The number of hydrogen-bond donors (Lipinski definition) is 3. The van der Waals surface area contributed by atoms with E-state index < -0.39 is 12.1 Å². The number of anilines is 1. The van der Waals surface area contributed by atoms with E-state index in [0.717, 1.165) is 42.5 Å². The maximum Gasteiger partial charge on any atom is 0.273 e. The lowest BCUT2D eigenvalue weighted by molar-refractivity contribution is -0.123. The Morgan fingerprint density at radius 1 is 1.07 bits per heavy atom. The van der Waals surface area contributed by atoms with E-state index in [1.807, 2.05) is 12.1 Å². The van der Waals surface area contributed by atoms with Gasteiger partial charge in [0, 0.05) is 29.9 Å². The van der Waals surface area contributed by atoms with E-state index in [1.165, 1.54) is 13.2 Å². The van der Waals surface area contributed by atoms with Crippen LogP contribution < -0.4 is 30.6 Å². The van der Waals surface area contributed by atoms with Crippen molar-refractivity contribution in [2.45, 2.75) is 44.4 Å². The highest BCUT2D eigenvalue weighted by Crippen LogP contribution is 2.29. The number of hydrogen-bond acceptors (Lipinski definition) is 9. The molecule has 4 aliphatic rings. The van der Waals surface area contributed by atoms with Crippen LogP contribution in [0.25, 0.3) is 0 Å². The van der Waals surface area contributed by atoms with Crippen molar-refractivity contribution in [3.63, 3.8) is 0 Å². The molecule has 7 rings (SSSR count). The van der Waals surface area contributed by atoms with E-state index in [9.17, 15) is 14.4 Å². The van der Waals surface area contributed by atoms with Gasteiger partial charge in [0.15, 0.2) is 18.1 Å². The predicted molar refractivity (Wildman–Crippen MR) is 151 cm³/mol. The number of ether oxygens (including phenoxy) is 3. The minimum atomic E-state index is -0.539. The molecule has 0 saturated carbocycles. The number of aromatic nitrogens is 2. The van der Waals surface area contributed by atoms with Crippen molar-refractivity contribution in [1.82, 2.24) is 25.5 Å². The lowest BCUT2D eigenvalue weighted by Gasteiger charge is -2.21. The maximum atomic E-state index is 13.8. The molecule has 4 heterocycles. The summed E-state index contributed by atoms with van der Waals surface area (Å²) in [7, 11) is 1.48. The van der Waals surface area contributed by atoms with E-state index in [0.29, 0.717) is 29.3 Å². The second kappa shape index (κ2) is 11.6. The number of nitrogens with two attached hydrogens (primary N) is 1. The van der Waals surface area contributed by atoms with Gasteiger partial charge in [0.2, 0.25) is 5.95 Å². The molecule has 1 aliphatic carbocycles. The Morgan fingerprint density at radius 2 is 1.88 bits per heavy atom. The summed E-state index contributed by atoms with van der Waals surface area (Å²) in [6.45, 7) is 0.503. The third-order valence-corrected chi connectivity index (χ3v) is 7.76. The van der Waals surface area contributed by atoms with Gasteiger partial charge in [-0.2, -0.15) is 0 Å². The number of amides is 3. The maximum absolute atomic E-state index is 13.8. The number of aryl methyl sites for hydroxylation is 1. The van der Waals surface area contributed by atoms with Crippen LogP contribution in [0.3, 0.4) is 0 Å². The summed E-state index contributed by atoms with van der Waals surface area (Å²) in [5, 5.41) is 5.85. The SMILES string of the molecule is COc1ccc2cc1OCC(=O)NCc1ccc(cc1)O[C@H]1CN(C(=O)c3nc(N)nc4c3CCCC4)C[C@@H]1NC2=O. The van der Waals surface area contributed by atoms with Crippen molar-refractivity contribution in [3.05, 3.63) is 70.5 Å². The highest BCUT2D eigenvalue weighted by Gasteiger charge is 2.40. The Kier molecular flexibility index (Phi) is 7.51. The van der Waals surface area contributed by atoms with E-state index >= 15 is 0 Å². The largest absolute Gasteiger partial charge is 0.493 e. The van der Waals surface area contributed by atoms with Crippen LogP contribution in [0.2, 0.25) is 0 Å². The molecule has 4 bridgehead atoms. The molecule has 3 aromatic rings. The molecule has 218 valence electrons. The molecule has 4 N–H and O–H groups in total. The normalized spacial score (nSPS) is 20.3. The molecule has 0 spiro atoms. The highest BCUT2D eigenvalue weighted by molar-refractivity contribution is 5.96.